The molecular weight excluding hydrogens is 492 g/mol. The first kappa shape index (κ1) is 24.4. The van der Waals surface area contributed by atoms with Crippen molar-refractivity contribution in [3.63, 3.8) is 0 Å². The third-order valence-electron chi connectivity index (χ3n) is 6.11. The Hall–Kier alpha value is -4.26. The van der Waals surface area contributed by atoms with Gasteiger partial charge in [-0.15, -0.1) is 0 Å². The number of benzene rings is 2. The van der Waals surface area contributed by atoms with Crippen molar-refractivity contribution in [3.05, 3.63) is 87.4 Å². The van der Waals surface area contributed by atoms with Crippen molar-refractivity contribution in [1.29, 1.82) is 0 Å². The molecular formula is C27H23ClN6O3. The van der Waals surface area contributed by atoms with Crippen LogP contribution >= 0.6 is 11.6 Å². The van der Waals surface area contributed by atoms with Crippen LogP contribution in [-0.4, -0.2) is 33.0 Å². The molecule has 1 saturated heterocycles. The average molecular weight is 515 g/mol. The Morgan fingerprint density at radius 3 is 2.84 bits per heavy atom. The number of hydrogen-bond acceptors (Lipinski definition) is 8. The molecule has 0 radical (unpaired) electrons. The van der Waals surface area contributed by atoms with E-state index in [-0.39, 0.29) is 17.7 Å². The maximum atomic E-state index is 11.9. The molecule has 186 valence electrons. The second-order valence-corrected chi connectivity index (χ2v) is 9.39. The molecule has 0 spiro atoms. The summed E-state index contributed by atoms with van der Waals surface area (Å²) in [4.78, 5) is 24.3. The zero-order valence-electron chi connectivity index (χ0n) is 20.0. The largest absolute Gasteiger partial charge is 0.486 e. The summed E-state index contributed by atoms with van der Waals surface area (Å²) >= 11 is 6.44. The van der Waals surface area contributed by atoms with E-state index in [1.807, 2.05) is 18.2 Å². The predicted molar refractivity (Wildman–Crippen MR) is 142 cm³/mol. The highest BCUT2D eigenvalue weighted by Crippen LogP contribution is 2.33. The summed E-state index contributed by atoms with van der Waals surface area (Å²) in [6.07, 6.45) is 4.00. The van der Waals surface area contributed by atoms with Gasteiger partial charge in [0.1, 0.15) is 30.1 Å². The van der Waals surface area contributed by atoms with Crippen molar-refractivity contribution in [3.8, 4) is 17.6 Å². The van der Waals surface area contributed by atoms with Gasteiger partial charge in [-0.2, -0.15) is 0 Å². The molecule has 0 saturated carbocycles. The lowest BCUT2D eigenvalue weighted by Crippen LogP contribution is -2.17. The van der Waals surface area contributed by atoms with E-state index in [4.69, 9.17) is 16.3 Å². The summed E-state index contributed by atoms with van der Waals surface area (Å²) in [7, 11) is 0. The zero-order valence-corrected chi connectivity index (χ0v) is 20.7. The Labute approximate surface area is 218 Å². The summed E-state index contributed by atoms with van der Waals surface area (Å²) in [6, 6.07) is 13.9. The first-order valence-electron chi connectivity index (χ1n) is 11.7. The average Bonchev–Trinajstić information content (AvgIpc) is 3.34. The molecule has 0 aliphatic carbocycles. The lowest BCUT2D eigenvalue weighted by atomic mass is 9.90. The van der Waals surface area contributed by atoms with Gasteiger partial charge < -0.3 is 15.4 Å². The van der Waals surface area contributed by atoms with E-state index in [0.717, 1.165) is 25.2 Å². The fourth-order valence-corrected chi connectivity index (χ4v) is 4.29. The summed E-state index contributed by atoms with van der Waals surface area (Å²) in [5.74, 6) is 7.17. The van der Waals surface area contributed by atoms with E-state index in [9.17, 15) is 10.1 Å². The smallest absolute Gasteiger partial charge is 0.285 e. The number of nitrogens with one attached hydrogen (secondary N) is 2. The Morgan fingerprint density at radius 1 is 1.22 bits per heavy atom. The lowest BCUT2D eigenvalue weighted by Gasteiger charge is -2.13. The van der Waals surface area contributed by atoms with Gasteiger partial charge in [0, 0.05) is 35.3 Å². The van der Waals surface area contributed by atoms with Gasteiger partial charge >= 0.3 is 0 Å². The van der Waals surface area contributed by atoms with Gasteiger partial charge in [-0.05, 0) is 56.3 Å². The molecule has 3 heterocycles. The Balaban J connectivity index is 1.41. The van der Waals surface area contributed by atoms with Crippen molar-refractivity contribution in [2.24, 2.45) is 5.41 Å². The summed E-state index contributed by atoms with van der Waals surface area (Å²) in [6.45, 7) is 3.98. The molecule has 2 aromatic carbocycles. The fourth-order valence-electron chi connectivity index (χ4n) is 4.05. The topological polar surface area (TPSA) is 115 Å². The van der Waals surface area contributed by atoms with Gasteiger partial charge in [-0.1, -0.05) is 29.5 Å². The number of pyridine rings is 1. The second-order valence-electron chi connectivity index (χ2n) is 8.98. The van der Waals surface area contributed by atoms with Gasteiger partial charge in [0.2, 0.25) is 0 Å². The third-order valence-corrected chi connectivity index (χ3v) is 6.41. The van der Waals surface area contributed by atoms with Crippen LogP contribution in [0.2, 0.25) is 5.02 Å². The van der Waals surface area contributed by atoms with Crippen LogP contribution in [0.4, 0.5) is 17.2 Å². The second kappa shape index (κ2) is 10.4. The number of nitrogens with zero attached hydrogens (tertiary/aromatic N) is 4. The number of fused-ring (bicyclic) bond motifs is 1. The quantitative estimate of drug-likeness (QED) is 0.203. The van der Waals surface area contributed by atoms with Crippen molar-refractivity contribution in [2.45, 2.75) is 20.0 Å². The minimum atomic E-state index is -0.430. The molecule has 10 heteroatoms. The molecule has 1 fully saturated rings. The Bertz CT molecular complexity index is 1530. The molecule has 4 aromatic rings. The maximum Gasteiger partial charge on any atom is 0.285 e. The van der Waals surface area contributed by atoms with Crippen LogP contribution in [0.1, 0.15) is 24.6 Å². The fraction of sp³-hybridized carbons (Fsp3) is 0.222. The van der Waals surface area contributed by atoms with E-state index >= 15 is 0 Å². The number of nitro benzene ring substituents is 1. The Morgan fingerprint density at radius 2 is 2.11 bits per heavy atom. The van der Waals surface area contributed by atoms with Gasteiger partial charge in [-0.25, -0.2) is 9.97 Å². The van der Waals surface area contributed by atoms with Gasteiger partial charge in [-0.3, -0.25) is 15.1 Å². The predicted octanol–water partition coefficient (Wildman–Crippen LogP) is 5.26. The van der Waals surface area contributed by atoms with Crippen LogP contribution < -0.4 is 15.4 Å². The van der Waals surface area contributed by atoms with E-state index < -0.39 is 4.92 Å². The zero-order chi connectivity index (χ0) is 25.8. The van der Waals surface area contributed by atoms with Crippen molar-refractivity contribution >= 4 is 39.7 Å². The molecule has 9 nitrogen and oxygen atoms in total. The normalized spacial score (nSPS) is 16.7. The van der Waals surface area contributed by atoms with E-state index in [1.165, 1.54) is 12.4 Å². The first-order chi connectivity index (χ1) is 17.9. The SMILES string of the molecule is CC1(C#Cc2cc3ncnc(Nc4ccc(OCc5ccccn5)c(Cl)c4)c3cc2[N+](=O)[O-])CCNC1. The minimum Gasteiger partial charge on any atom is -0.486 e. The number of rotatable bonds is 6. The standard InChI is InChI=1S/C27H23ClN6O3/c1-27(9-11-29-16-27)8-7-18-12-23-21(14-24(18)34(35)36)26(32-17-31-23)33-19-5-6-25(22(28)13-19)37-15-20-4-2-3-10-30-20/h2-6,10,12-14,17,29H,9,11,15-16H2,1H3,(H,31,32,33). The molecule has 2 aromatic heterocycles. The molecule has 0 amide bonds. The third kappa shape index (κ3) is 5.61. The molecule has 1 aliphatic rings. The molecule has 0 bridgehead atoms. The summed E-state index contributed by atoms with van der Waals surface area (Å²) in [5, 5.41) is 19.3. The van der Waals surface area contributed by atoms with Crippen LogP contribution in [-0.2, 0) is 6.61 Å². The van der Waals surface area contributed by atoms with Crippen LogP contribution in [0.15, 0.2) is 61.1 Å². The molecule has 37 heavy (non-hydrogen) atoms. The Kier molecular flexibility index (Phi) is 6.86. The highest BCUT2D eigenvalue weighted by atomic mass is 35.5. The highest BCUT2D eigenvalue weighted by molar-refractivity contribution is 6.32. The monoisotopic (exact) mass is 514 g/mol. The lowest BCUT2D eigenvalue weighted by molar-refractivity contribution is -0.385. The molecule has 1 atom stereocenters. The molecule has 5 rings (SSSR count). The number of anilines is 2. The highest BCUT2D eigenvalue weighted by Gasteiger charge is 2.26. The number of nitro groups is 1. The molecule has 1 aliphatic heterocycles. The first-order valence-corrected chi connectivity index (χ1v) is 12.0. The van der Waals surface area contributed by atoms with E-state index in [1.54, 1.807) is 30.5 Å². The maximum absolute atomic E-state index is 11.9. The van der Waals surface area contributed by atoms with E-state index in [2.05, 4.69) is 44.4 Å². The number of ether oxygens (including phenoxy) is 1. The van der Waals surface area contributed by atoms with E-state index in [0.29, 0.717) is 38.7 Å². The van der Waals surface area contributed by atoms with Crippen LogP contribution in [0, 0.1) is 27.4 Å². The van der Waals surface area contributed by atoms with Gasteiger partial charge in [0.05, 0.1) is 21.2 Å². The summed E-state index contributed by atoms with van der Waals surface area (Å²) in [5.41, 5.74) is 1.99. The summed E-state index contributed by atoms with van der Waals surface area (Å²) < 4.78 is 5.78. The van der Waals surface area contributed by atoms with Crippen LogP contribution in [0.5, 0.6) is 5.75 Å². The van der Waals surface area contributed by atoms with Crippen LogP contribution in [0.3, 0.4) is 0 Å². The number of halogens is 1. The number of aromatic nitrogens is 3. The van der Waals surface area contributed by atoms with Gasteiger partial charge in [0.25, 0.3) is 5.69 Å². The van der Waals surface area contributed by atoms with Crippen molar-refractivity contribution in [2.75, 3.05) is 18.4 Å². The number of hydrogen-bond donors (Lipinski definition) is 2. The van der Waals surface area contributed by atoms with Gasteiger partial charge in [0.15, 0.2) is 0 Å². The molecule has 2 N–H and O–H groups in total. The van der Waals surface area contributed by atoms with Crippen LogP contribution in [0.25, 0.3) is 10.9 Å². The van der Waals surface area contributed by atoms with Crippen molar-refractivity contribution < 1.29 is 9.66 Å². The van der Waals surface area contributed by atoms with Crippen molar-refractivity contribution in [1.82, 2.24) is 20.3 Å². The molecule has 1 unspecified atom stereocenters. The minimum absolute atomic E-state index is 0.0938.